The van der Waals surface area contributed by atoms with Gasteiger partial charge in [-0.1, -0.05) is 23.7 Å². The number of anilines is 1. The largest absolute Gasteiger partial charge is 0.463 e. The van der Waals surface area contributed by atoms with Crippen LogP contribution in [-0.2, 0) is 39.9 Å². The summed E-state index contributed by atoms with van der Waals surface area (Å²) in [7, 11) is 0. The Labute approximate surface area is 221 Å². The molecule has 1 aromatic carbocycles. The van der Waals surface area contributed by atoms with Gasteiger partial charge in [0.25, 0.3) is 0 Å². The highest BCUT2D eigenvalue weighted by molar-refractivity contribution is 6.30. The summed E-state index contributed by atoms with van der Waals surface area (Å²) in [5, 5.41) is 13.3. The quantitative estimate of drug-likeness (QED) is 0.326. The molecule has 0 saturated carbocycles. The average molecular weight is 543 g/mol. The molecule has 0 amide bonds. The molecular formula is C24H23ClN6O7. The first-order valence-corrected chi connectivity index (χ1v) is 11.8. The number of nitrogens with one attached hydrogen (secondary N) is 1. The molecule has 3 aromatic rings. The summed E-state index contributed by atoms with van der Waals surface area (Å²) in [5.41, 5.74) is 1.42. The maximum absolute atomic E-state index is 12.0. The lowest BCUT2D eigenvalue weighted by Crippen LogP contribution is -2.40. The van der Waals surface area contributed by atoms with Gasteiger partial charge in [-0.3, -0.25) is 19.0 Å². The Morgan fingerprint density at radius 1 is 1.08 bits per heavy atom. The Bertz CT molecular complexity index is 1400. The number of rotatable bonds is 8. The van der Waals surface area contributed by atoms with Crippen LogP contribution in [0.2, 0.25) is 5.02 Å². The molecule has 0 unspecified atom stereocenters. The fraction of sp³-hybridized carbons (Fsp3) is 0.375. The number of carbonyl (C=O) groups excluding carboxylic acids is 3. The van der Waals surface area contributed by atoms with Crippen LogP contribution >= 0.6 is 11.6 Å². The van der Waals surface area contributed by atoms with Crippen LogP contribution < -0.4 is 5.32 Å². The molecule has 38 heavy (non-hydrogen) atoms. The summed E-state index contributed by atoms with van der Waals surface area (Å²) < 4.78 is 23.5. The zero-order valence-electron chi connectivity index (χ0n) is 20.6. The van der Waals surface area contributed by atoms with Gasteiger partial charge >= 0.3 is 17.9 Å². The van der Waals surface area contributed by atoms with Gasteiger partial charge in [-0.25, -0.2) is 4.98 Å². The molecule has 14 heteroatoms. The standard InChI is InChI=1S/C24H23ClN6O7/c1-12(32)35-10-17-20(36-13(2)33)21(37-14(3)34)24(38-17)31-11-28-19-22(29-18(8-26)30-23(19)31)27-9-15-4-6-16(25)7-5-15/h4-7,11,17,20-21,24H,9-10H2,1-3H3,(H,27,29,30)/t17-,20-,21-,24-/m1/s1. The molecular weight excluding hydrogens is 520 g/mol. The molecule has 1 N–H and O–H groups in total. The predicted molar refractivity (Wildman–Crippen MR) is 130 cm³/mol. The normalized spacial score (nSPS) is 20.5. The number of hydrogen-bond donors (Lipinski definition) is 1. The van der Waals surface area contributed by atoms with Crippen LogP contribution in [0.4, 0.5) is 5.82 Å². The third-order valence-electron chi connectivity index (χ3n) is 5.51. The van der Waals surface area contributed by atoms with Crippen molar-refractivity contribution in [3.63, 3.8) is 0 Å². The SMILES string of the molecule is CC(=O)OC[C@H]1O[C@@H](n2cnc3c(NCc4ccc(Cl)cc4)nc(C#N)nc32)[C@H](OC(C)=O)[C@@H]1OC(C)=O. The summed E-state index contributed by atoms with van der Waals surface area (Å²) in [4.78, 5) is 48.1. The molecule has 4 rings (SSSR count). The number of hydrogen-bond acceptors (Lipinski definition) is 12. The fourth-order valence-corrected chi connectivity index (χ4v) is 4.11. The van der Waals surface area contributed by atoms with Crippen molar-refractivity contribution in [3.8, 4) is 6.07 Å². The van der Waals surface area contributed by atoms with Crippen molar-refractivity contribution in [1.82, 2.24) is 19.5 Å². The van der Waals surface area contributed by atoms with Gasteiger partial charge in [0.15, 0.2) is 35.4 Å². The van der Waals surface area contributed by atoms with Crippen molar-refractivity contribution in [2.45, 2.75) is 51.9 Å². The second-order valence-electron chi connectivity index (χ2n) is 8.33. The molecule has 0 bridgehead atoms. The first-order valence-electron chi connectivity index (χ1n) is 11.4. The Morgan fingerprint density at radius 2 is 1.76 bits per heavy atom. The summed E-state index contributed by atoms with van der Waals surface area (Å²) in [6, 6.07) is 9.10. The fourth-order valence-electron chi connectivity index (χ4n) is 3.98. The number of imidazole rings is 1. The zero-order valence-corrected chi connectivity index (χ0v) is 21.3. The van der Waals surface area contributed by atoms with E-state index in [1.807, 2.05) is 18.2 Å². The maximum Gasteiger partial charge on any atom is 0.303 e. The number of aromatic nitrogens is 4. The summed E-state index contributed by atoms with van der Waals surface area (Å²) in [6.45, 7) is 3.70. The lowest BCUT2D eigenvalue weighted by atomic mass is 10.1. The highest BCUT2D eigenvalue weighted by Crippen LogP contribution is 2.36. The van der Waals surface area contributed by atoms with Gasteiger partial charge in [0.05, 0.1) is 6.33 Å². The lowest BCUT2D eigenvalue weighted by molar-refractivity contribution is -0.166. The van der Waals surface area contributed by atoms with E-state index in [4.69, 9.17) is 30.5 Å². The number of fused-ring (bicyclic) bond motifs is 1. The number of nitriles is 1. The van der Waals surface area contributed by atoms with Crippen LogP contribution in [0.5, 0.6) is 0 Å². The van der Waals surface area contributed by atoms with Crippen LogP contribution in [0.1, 0.15) is 38.4 Å². The van der Waals surface area contributed by atoms with Gasteiger partial charge in [0.2, 0.25) is 5.82 Å². The molecule has 1 aliphatic heterocycles. The van der Waals surface area contributed by atoms with Crippen LogP contribution in [0.15, 0.2) is 30.6 Å². The molecule has 13 nitrogen and oxygen atoms in total. The highest BCUT2D eigenvalue weighted by atomic mass is 35.5. The van der Waals surface area contributed by atoms with Crippen LogP contribution in [0, 0.1) is 11.3 Å². The molecule has 1 fully saturated rings. The molecule has 4 atom stereocenters. The molecule has 0 spiro atoms. The van der Waals surface area contributed by atoms with Gasteiger partial charge in [0, 0.05) is 32.3 Å². The predicted octanol–water partition coefficient (Wildman–Crippen LogP) is 2.29. The van der Waals surface area contributed by atoms with E-state index in [-0.39, 0.29) is 23.9 Å². The second-order valence-corrected chi connectivity index (χ2v) is 8.76. The summed E-state index contributed by atoms with van der Waals surface area (Å²) >= 11 is 5.95. The minimum atomic E-state index is -1.14. The van der Waals surface area contributed by atoms with Crippen molar-refractivity contribution in [1.29, 1.82) is 5.26 Å². The Kier molecular flexibility index (Phi) is 8.04. The van der Waals surface area contributed by atoms with Gasteiger partial charge in [0.1, 0.15) is 18.8 Å². The third-order valence-corrected chi connectivity index (χ3v) is 5.76. The van der Waals surface area contributed by atoms with E-state index in [2.05, 4.69) is 20.3 Å². The molecule has 1 saturated heterocycles. The second kappa shape index (κ2) is 11.4. The Morgan fingerprint density at radius 3 is 2.39 bits per heavy atom. The van der Waals surface area contributed by atoms with Crippen LogP contribution in [-0.4, -0.2) is 62.3 Å². The van der Waals surface area contributed by atoms with Gasteiger partial charge in [-0.2, -0.15) is 15.2 Å². The molecule has 2 aromatic heterocycles. The van der Waals surface area contributed by atoms with E-state index in [0.29, 0.717) is 17.1 Å². The van der Waals surface area contributed by atoms with Crippen molar-refractivity contribution in [3.05, 3.63) is 47.0 Å². The van der Waals surface area contributed by atoms with Crippen LogP contribution in [0.25, 0.3) is 11.2 Å². The number of carbonyl (C=O) groups is 3. The van der Waals surface area contributed by atoms with Crippen molar-refractivity contribution in [2.24, 2.45) is 0 Å². The van der Waals surface area contributed by atoms with Crippen molar-refractivity contribution >= 4 is 46.5 Å². The average Bonchev–Trinajstić information content (AvgIpc) is 3.43. The first kappa shape index (κ1) is 26.8. The Balaban J connectivity index is 1.72. The minimum absolute atomic E-state index is 0.145. The van der Waals surface area contributed by atoms with E-state index < -0.39 is 42.4 Å². The van der Waals surface area contributed by atoms with Crippen LogP contribution in [0.3, 0.4) is 0 Å². The Hall–Kier alpha value is -4.28. The number of ether oxygens (including phenoxy) is 4. The topological polar surface area (TPSA) is 168 Å². The number of halogens is 1. The van der Waals surface area contributed by atoms with E-state index >= 15 is 0 Å². The number of esters is 3. The van der Waals surface area contributed by atoms with Crippen molar-refractivity contribution < 1.29 is 33.3 Å². The van der Waals surface area contributed by atoms with E-state index in [1.54, 1.807) is 12.1 Å². The van der Waals surface area contributed by atoms with Gasteiger partial charge in [-0.15, -0.1) is 0 Å². The number of nitrogens with zero attached hydrogens (tertiary/aromatic N) is 5. The smallest absolute Gasteiger partial charge is 0.303 e. The van der Waals surface area contributed by atoms with E-state index in [1.165, 1.54) is 31.7 Å². The van der Waals surface area contributed by atoms with E-state index in [9.17, 15) is 19.6 Å². The number of benzene rings is 1. The van der Waals surface area contributed by atoms with Crippen molar-refractivity contribution in [2.75, 3.05) is 11.9 Å². The minimum Gasteiger partial charge on any atom is -0.463 e. The summed E-state index contributed by atoms with van der Waals surface area (Å²) in [6.07, 6.45) is -2.90. The maximum atomic E-state index is 12.0. The monoisotopic (exact) mass is 542 g/mol. The first-order chi connectivity index (χ1) is 18.2. The van der Waals surface area contributed by atoms with Gasteiger partial charge < -0.3 is 24.3 Å². The molecule has 0 aliphatic carbocycles. The molecule has 198 valence electrons. The molecule has 3 heterocycles. The third kappa shape index (κ3) is 5.99. The molecule has 1 aliphatic rings. The summed E-state index contributed by atoms with van der Waals surface area (Å²) in [5.74, 6) is -1.74. The molecule has 0 radical (unpaired) electrons. The van der Waals surface area contributed by atoms with E-state index in [0.717, 1.165) is 5.56 Å². The van der Waals surface area contributed by atoms with Gasteiger partial charge in [-0.05, 0) is 17.7 Å². The highest BCUT2D eigenvalue weighted by Gasteiger charge is 2.51. The zero-order chi connectivity index (χ0) is 27.4. The lowest BCUT2D eigenvalue weighted by Gasteiger charge is -2.23.